The van der Waals surface area contributed by atoms with E-state index in [4.69, 9.17) is 11.0 Å². The Bertz CT molecular complexity index is 411. The maximum Gasteiger partial charge on any atom is 0.161 e. The summed E-state index contributed by atoms with van der Waals surface area (Å²) in [5.74, 6) is 1.04. The summed E-state index contributed by atoms with van der Waals surface area (Å²) in [5.41, 5.74) is 7.51. The molecule has 0 saturated heterocycles. The molecule has 0 fully saturated rings. The number of hydrogen-bond donors (Lipinski definition) is 1. The summed E-state index contributed by atoms with van der Waals surface area (Å²) in [6.45, 7) is 3.02. The van der Waals surface area contributed by atoms with E-state index in [1.54, 1.807) is 0 Å². The maximum atomic E-state index is 9.03. The van der Waals surface area contributed by atoms with Crippen LogP contribution in [0, 0.1) is 11.3 Å². The lowest BCUT2D eigenvalue weighted by Crippen LogP contribution is -2.18. The van der Waals surface area contributed by atoms with Crippen molar-refractivity contribution in [3.05, 3.63) is 17.2 Å². The fourth-order valence-corrected chi connectivity index (χ4v) is 2.25. The molecule has 16 heavy (non-hydrogen) atoms. The van der Waals surface area contributed by atoms with Crippen LogP contribution in [0.2, 0.25) is 0 Å². The van der Waals surface area contributed by atoms with Crippen molar-refractivity contribution in [2.75, 3.05) is 0 Å². The highest BCUT2D eigenvalue weighted by Gasteiger charge is 2.19. The predicted octanol–water partition coefficient (Wildman–Crippen LogP) is 1.37. The largest absolute Gasteiger partial charge is 0.331 e. The van der Waals surface area contributed by atoms with Crippen molar-refractivity contribution in [3.8, 4) is 6.07 Å². The molecule has 2 heterocycles. The average Bonchev–Trinajstić information content (AvgIpc) is 2.65. The third-order valence-corrected chi connectivity index (χ3v) is 3.13. The number of rotatable bonds is 3. The van der Waals surface area contributed by atoms with Gasteiger partial charge in [-0.25, -0.2) is 4.98 Å². The molecule has 0 radical (unpaired) electrons. The maximum absolute atomic E-state index is 9.03. The lowest BCUT2D eigenvalue weighted by molar-refractivity contribution is 0.505. The van der Waals surface area contributed by atoms with Crippen molar-refractivity contribution in [3.63, 3.8) is 0 Å². The minimum atomic E-state index is 0.196. The summed E-state index contributed by atoms with van der Waals surface area (Å²) in [6.07, 6.45) is 5.17. The highest BCUT2D eigenvalue weighted by atomic mass is 15.1. The lowest BCUT2D eigenvalue weighted by atomic mass is 10.1. The van der Waals surface area contributed by atoms with Crippen LogP contribution in [0.4, 0.5) is 0 Å². The van der Waals surface area contributed by atoms with Gasteiger partial charge >= 0.3 is 0 Å². The number of nitrogens with two attached hydrogens (primary N) is 1. The minimum absolute atomic E-state index is 0.196. The topological polar surface area (TPSA) is 67.6 Å². The first-order valence-electron chi connectivity index (χ1n) is 5.96. The van der Waals surface area contributed by atoms with Crippen molar-refractivity contribution in [2.45, 2.75) is 51.6 Å². The summed E-state index contributed by atoms with van der Waals surface area (Å²) in [5, 5.41) is 9.03. The highest BCUT2D eigenvalue weighted by molar-refractivity contribution is 5.30. The molecule has 1 aromatic rings. The van der Waals surface area contributed by atoms with Crippen molar-refractivity contribution in [2.24, 2.45) is 5.73 Å². The summed E-state index contributed by atoms with van der Waals surface area (Å²) < 4.78 is 2.23. The van der Waals surface area contributed by atoms with E-state index in [1.165, 1.54) is 12.8 Å². The Kier molecular flexibility index (Phi) is 3.25. The van der Waals surface area contributed by atoms with Gasteiger partial charge in [0.25, 0.3) is 0 Å². The predicted molar refractivity (Wildman–Crippen MR) is 61.9 cm³/mol. The zero-order chi connectivity index (χ0) is 11.5. The molecule has 2 rings (SSSR count). The van der Waals surface area contributed by atoms with Gasteiger partial charge in [-0.05, 0) is 32.6 Å². The molecule has 0 spiro atoms. The van der Waals surface area contributed by atoms with Crippen molar-refractivity contribution in [1.29, 1.82) is 5.26 Å². The molecule has 2 N–H and O–H groups in total. The van der Waals surface area contributed by atoms with E-state index in [0.29, 0.717) is 5.69 Å². The number of nitriles is 1. The summed E-state index contributed by atoms with van der Waals surface area (Å²) in [6, 6.07) is 2.40. The van der Waals surface area contributed by atoms with Crippen LogP contribution >= 0.6 is 0 Å². The number of aromatic nitrogens is 2. The SMILES string of the molecule is CC(N)CCc1nc(C#N)c2n1CCCC2. The quantitative estimate of drug-likeness (QED) is 0.833. The molecule has 1 aromatic heterocycles. The van der Waals surface area contributed by atoms with Crippen molar-refractivity contribution < 1.29 is 0 Å². The van der Waals surface area contributed by atoms with Crippen LogP contribution in [0.5, 0.6) is 0 Å². The van der Waals surface area contributed by atoms with Crippen LogP contribution < -0.4 is 5.73 Å². The Morgan fingerprint density at radius 3 is 3.06 bits per heavy atom. The summed E-state index contributed by atoms with van der Waals surface area (Å²) in [7, 11) is 0. The normalized spacial score (nSPS) is 16.6. The van der Waals surface area contributed by atoms with E-state index in [2.05, 4.69) is 15.6 Å². The first-order chi connectivity index (χ1) is 7.72. The van der Waals surface area contributed by atoms with E-state index >= 15 is 0 Å². The molecule has 1 aliphatic rings. The Balaban J connectivity index is 2.25. The van der Waals surface area contributed by atoms with Crippen molar-refractivity contribution in [1.82, 2.24) is 9.55 Å². The van der Waals surface area contributed by atoms with Crippen LogP contribution in [0.1, 0.15) is 43.4 Å². The van der Waals surface area contributed by atoms with Gasteiger partial charge in [0.1, 0.15) is 11.9 Å². The Morgan fingerprint density at radius 1 is 1.56 bits per heavy atom. The third kappa shape index (κ3) is 2.10. The van der Waals surface area contributed by atoms with Gasteiger partial charge in [0.05, 0.1) is 5.69 Å². The molecule has 0 amide bonds. The van der Waals surface area contributed by atoms with Crippen LogP contribution in [0.25, 0.3) is 0 Å². The van der Waals surface area contributed by atoms with Gasteiger partial charge in [0.2, 0.25) is 0 Å². The molecule has 86 valence electrons. The Labute approximate surface area is 96.1 Å². The number of imidazole rings is 1. The molecule has 1 atom stereocenters. The lowest BCUT2D eigenvalue weighted by Gasteiger charge is -2.16. The minimum Gasteiger partial charge on any atom is -0.331 e. The second-order valence-electron chi connectivity index (χ2n) is 4.56. The number of fused-ring (bicyclic) bond motifs is 1. The summed E-state index contributed by atoms with van der Waals surface area (Å²) >= 11 is 0. The van der Waals surface area contributed by atoms with Gasteiger partial charge in [0.15, 0.2) is 5.69 Å². The molecule has 4 heteroatoms. The van der Waals surface area contributed by atoms with E-state index in [-0.39, 0.29) is 6.04 Å². The van der Waals surface area contributed by atoms with Gasteiger partial charge < -0.3 is 10.3 Å². The van der Waals surface area contributed by atoms with E-state index in [0.717, 1.165) is 37.3 Å². The van der Waals surface area contributed by atoms with Gasteiger partial charge in [-0.1, -0.05) is 0 Å². The van der Waals surface area contributed by atoms with Crippen LogP contribution in [-0.4, -0.2) is 15.6 Å². The number of hydrogen-bond acceptors (Lipinski definition) is 3. The Hall–Kier alpha value is -1.34. The fourth-order valence-electron chi connectivity index (χ4n) is 2.25. The molecule has 0 saturated carbocycles. The molecular weight excluding hydrogens is 200 g/mol. The molecule has 1 aliphatic heterocycles. The van der Waals surface area contributed by atoms with E-state index in [1.807, 2.05) is 6.92 Å². The number of aryl methyl sites for hydroxylation is 1. The monoisotopic (exact) mass is 218 g/mol. The molecule has 0 bridgehead atoms. The molecule has 0 aromatic carbocycles. The molecular formula is C12H18N4. The second-order valence-corrected chi connectivity index (χ2v) is 4.56. The smallest absolute Gasteiger partial charge is 0.161 e. The van der Waals surface area contributed by atoms with E-state index < -0.39 is 0 Å². The zero-order valence-corrected chi connectivity index (χ0v) is 9.74. The average molecular weight is 218 g/mol. The standard InChI is InChI=1S/C12H18N4/c1-9(14)5-6-12-15-10(8-13)11-4-2-3-7-16(11)12/h9H,2-7,14H2,1H3. The van der Waals surface area contributed by atoms with Gasteiger partial charge in [-0.3, -0.25) is 0 Å². The van der Waals surface area contributed by atoms with Crippen molar-refractivity contribution >= 4 is 0 Å². The first-order valence-corrected chi connectivity index (χ1v) is 5.96. The van der Waals surface area contributed by atoms with Gasteiger partial charge in [-0.15, -0.1) is 0 Å². The third-order valence-electron chi connectivity index (χ3n) is 3.13. The molecule has 4 nitrogen and oxygen atoms in total. The van der Waals surface area contributed by atoms with Crippen LogP contribution in [0.15, 0.2) is 0 Å². The number of nitrogens with zero attached hydrogens (tertiary/aromatic N) is 3. The second kappa shape index (κ2) is 4.67. The van der Waals surface area contributed by atoms with E-state index in [9.17, 15) is 0 Å². The zero-order valence-electron chi connectivity index (χ0n) is 9.74. The molecule has 1 unspecified atom stereocenters. The van der Waals surface area contributed by atoms with Crippen LogP contribution in [-0.2, 0) is 19.4 Å². The van der Waals surface area contributed by atoms with Gasteiger partial charge in [-0.2, -0.15) is 5.26 Å². The van der Waals surface area contributed by atoms with Crippen LogP contribution in [0.3, 0.4) is 0 Å². The highest BCUT2D eigenvalue weighted by Crippen LogP contribution is 2.21. The first kappa shape index (κ1) is 11.2. The fraction of sp³-hybridized carbons (Fsp3) is 0.667. The molecule has 0 aliphatic carbocycles. The summed E-state index contributed by atoms with van der Waals surface area (Å²) in [4.78, 5) is 4.43. The Morgan fingerprint density at radius 2 is 2.38 bits per heavy atom. The van der Waals surface area contributed by atoms with Gasteiger partial charge in [0, 0.05) is 19.0 Å².